The van der Waals surface area contributed by atoms with Gasteiger partial charge < -0.3 is 9.84 Å². The molecule has 1 aromatic heterocycles. The number of hydrogen-bond acceptors (Lipinski definition) is 5. The molecule has 1 saturated heterocycles. The predicted molar refractivity (Wildman–Crippen MR) is 68.0 cm³/mol. The van der Waals surface area contributed by atoms with E-state index in [4.69, 9.17) is 4.74 Å². The van der Waals surface area contributed by atoms with Crippen LogP contribution in [0.2, 0.25) is 0 Å². The molecule has 1 aliphatic rings. The van der Waals surface area contributed by atoms with E-state index >= 15 is 0 Å². The number of H-pyrrole nitrogens is 1. The van der Waals surface area contributed by atoms with Gasteiger partial charge in [-0.25, -0.2) is 8.42 Å². The SMILES string of the molecule is Cc1[nH]nc(CO)c1S(=O)(=O)N1C[C@@H](C)O[C@@H](C)C1. The average Bonchev–Trinajstić information content (AvgIpc) is 2.69. The molecule has 1 aromatic rings. The molecular weight excluding hydrogens is 270 g/mol. The van der Waals surface area contributed by atoms with Crippen LogP contribution in [-0.2, 0) is 21.4 Å². The van der Waals surface area contributed by atoms with E-state index in [1.54, 1.807) is 6.92 Å². The van der Waals surface area contributed by atoms with Crippen molar-refractivity contribution in [1.82, 2.24) is 14.5 Å². The van der Waals surface area contributed by atoms with Crippen molar-refractivity contribution >= 4 is 10.0 Å². The number of aliphatic hydroxyl groups is 1. The average molecular weight is 289 g/mol. The van der Waals surface area contributed by atoms with Gasteiger partial charge in [-0.05, 0) is 20.8 Å². The number of nitrogens with zero attached hydrogens (tertiary/aromatic N) is 2. The third-order valence-corrected chi connectivity index (χ3v) is 5.13. The van der Waals surface area contributed by atoms with Gasteiger partial charge in [0.2, 0.25) is 10.0 Å². The van der Waals surface area contributed by atoms with Crippen molar-refractivity contribution in [2.75, 3.05) is 13.1 Å². The van der Waals surface area contributed by atoms with Crippen LogP contribution in [0.5, 0.6) is 0 Å². The number of morpholine rings is 1. The second-order valence-electron chi connectivity index (χ2n) is 4.86. The summed E-state index contributed by atoms with van der Waals surface area (Å²) in [6.07, 6.45) is -0.299. The van der Waals surface area contributed by atoms with Gasteiger partial charge in [-0.3, -0.25) is 5.10 Å². The third-order valence-electron chi connectivity index (χ3n) is 3.10. The molecule has 0 amide bonds. The van der Waals surface area contributed by atoms with Gasteiger partial charge in [0.15, 0.2) is 0 Å². The summed E-state index contributed by atoms with van der Waals surface area (Å²) < 4.78 is 32.2. The zero-order valence-corrected chi connectivity index (χ0v) is 12.1. The molecule has 2 atom stereocenters. The fraction of sp³-hybridized carbons (Fsp3) is 0.727. The van der Waals surface area contributed by atoms with Crippen LogP contribution in [0, 0.1) is 6.92 Å². The highest BCUT2D eigenvalue weighted by Crippen LogP contribution is 2.25. The van der Waals surface area contributed by atoms with E-state index in [0.29, 0.717) is 18.8 Å². The van der Waals surface area contributed by atoms with E-state index in [1.807, 2.05) is 13.8 Å². The fourth-order valence-corrected chi connectivity index (χ4v) is 4.29. The number of ether oxygens (including phenoxy) is 1. The lowest BCUT2D eigenvalue weighted by atomic mass is 10.3. The highest BCUT2D eigenvalue weighted by atomic mass is 32.2. The maximum absolute atomic E-state index is 12.6. The van der Waals surface area contributed by atoms with Gasteiger partial charge in [0.25, 0.3) is 0 Å². The molecule has 0 aromatic carbocycles. The summed E-state index contributed by atoms with van der Waals surface area (Å²) in [7, 11) is -3.66. The summed E-state index contributed by atoms with van der Waals surface area (Å²) in [4.78, 5) is 0.0799. The van der Waals surface area contributed by atoms with Crippen LogP contribution in [0.1, 0.15) is 25.2 Å². The molecule has 7 nitrogen and oxygen atoms in total. The van der Waals surface area contributed by atoms with Crippen molar-refractivity contribution in [3.8, 4) is 0 Å². The summed E-state index contributed by atoms with van der Waals surface area (Å²) in [5.41, 5.74) is 0.597. The van der Waals surface area contributed by atoms with Crippen LogP contribution >= 0.6 is 0 Å². The van der Waals surface area contributed by atoms with Crippen LogP contribution < -0.4 is 0 Å². The maximum atomic E-state index is 12.6. The zero-order valence-electron chi connectivity index (χ0n) is 11.3. The number of sulfonamides is 1. The third kappa shape index (κ3) is 2.66. The first kappa shape index (κ1) is 14.4. The molecule has 0 saturated carbocycles. The Morgan fingerprint density at radius 1 is 1.42 bits per heavy atom. The van der Waals surface area contributed by atoms with Crippen molar-refractivity contribution in [1.29, 1.82) is 0 Å². The molecule has 19 heavy (non-hydrogen) atoms. The summed E-state index contributed by atoms with van der Waals surface area (Å²) in [5, 5.41) is 15.6. The largest absolute Gasteiger partial charge is 0.390 e. The molecule has 0 unspecified atom stereocenters. The first-order valence-electron chi connectivity index (χ1n) is 6.16. The Labute approximate surface area is 112 Å². The van der Waals surface area contributed by atoms with Gasteiger partial charge in [0.1, 0.15) is 10.6 Å². The molecule has 2 rings (SSSR count). The molecule has 0 spiro atoms. The zero-order chi connectivity index (χ0) is 14.2. The minimum Gasteiger partial charge on any atom is -0.390 e. The van der Waals surface area contributed by atoms with E-state index in [9.17, 15) is 13.5 Å². The Morgan fingerprint density at radius 2 is 2.00 bits per heavy atom. The minimum absolute atomic E-state index is 0.0799. The second-order valence-corrected chi connectivity index (χ2v) is 6.74. The molecular formula is C11H19N3O4S. The van der Waals surface area contributed by atoms with Crippen LogP contribution in [0.3, 0.4) is 0 Å². The van der Waals surface area contributed by atoms with Crippen molar-refractivity contribution < 1.29 is 18.3 Å². The van der Waals surface area contributed by atoms with Crippen LogP contribution in [0.25, 0.3) is 0 Å². The lowest BCUT2D eigenvalue weighted by Gasteiger charge is -2.34. The summed E-state index contributed by atoms with van der Waals surface area (Å²) in [6, 6.07) is 0. The molecule has 2 N–H and O–H groups in total. The smallest absolute Gasteiger partial charge is 0.247 e. The summed E-state index contributed by atoms with van der Waals surface area (Å²) in [5.74, 6) is 0. The highest BCUT2D eigenvalue weighted by molar-refractivity contribution is 7.89. The molecule has 1 aliphatic heterocycles. The topological polar surface area (TPSA) is 95.5 Å². The summed E-state index contributed by atoms with van der Waals surface area (Å²) >= 11 is 0. The molecule has 0 bridgehead atoms. The van der Waals surface area contributed by atoms with Crippen LogP contribution in [-0.4, -0.2) is 53.3 Å². The Balaban J connectivity index is 2.39. The van der Waals surface area contributed by atoms with E-state index in [-0.39, 0.29) is 22.8 Å². The van der Waals surface area contributed by atoms with E-state index < -0.39 is 16.6 Å². The van der Waals surface area contributed by atoms with Crippen molar-refractivity contribution in [2.24, 2.45) is 0 Å². The van der Waals surface area contributed by atoms with Gasteiger partial charge in [0, 0.05) is 13.1 Å². The Kier molecular flexibility index (Phi) is 3.95. The van der Waals surface area contributed by atoms with E-state index in [2.05, 4.69) is 10.2 Å². The van der Waals surface area contributed by atoms with E-state index in [1.165, 1.54) is 4.31 Å². The predicted octanol–water partition coefficient (Wildman–Crippen LogP) is 0.00832. The van der Waals surface area contributed by atoms with Gasteiger partial charge in [-0.1, -0.05) is 0 Å². The van der Waals surface area contributed by atoms with Crippen LogP contribution in [0.4, 0.5) is 0 Å². The van der Waals surface area contributed by atoms with Gasteiger partial charge >= 0.3 is 0 Å². The number of hydrogen-bond donors (Lipinski definition) is 2. The number of aryl methyl sites for hydroxylation is 1. The Bertz CT molecular complexity index is 544. The number of aliphatic hydroxyl groups excluding tert-OH is 1. The normalized spacial score (nSPS) is 25.7. The quantitative estimate of drug-likeness (QED) is 0.817. The van der Waals surface area contributed by atoms with E-state index in [0.717, 1.165) is 0 Å². The van der Waals surface area contributed by atoms with Crippen molar-refractivity contribution in [3.63, 3.8) is 0 Å². The second kappa shape index (κ2) is 5.20. The fourth-order valence-electron chi connectivity index (χ4n) is 2.37. The van der Waals surface area contributed by atoms with Gasteiger partial charge in [-0.2, -0.15) is 9.40 Å². The Hall–Kier alpha value is -0.960. The highest BCUT2D eigenvalue weighted by Gasteiger charge is 2.35. The van der Waals surface area contributed by atoms with Gasteiger partial charge in [0.05, 0.1) is 24.5 Å². The number of rotatable bonds is 3. The van der Waals surface area contributed by atoms with Crippen molar-refractivity contribution in [2.45, 2.75) is 44.5 Å². The molecule has 0 aliphatic carbocycles. The number of aromatic nitrogens is 2. The summed E-state index contributed by atoms with van der Waals surface area (Å²) in [6.45, 7) is 5.52. The van der Waals surface area contributed by atoms with Gasteiger partial charge in [-0.15, -0.1) is 0 Å². The number of nitrogens with one attached hydrogen (secondary N) is 1. The first-order chi connectivity index (χ1) is 8.86. The van der Waals surface area contributed by atoms with Crippen LogP contribution in [0.15, 0.2) is 4.90 Å². The molecule has 2 heterocycles. The molecule has 108 valence electrons. The monoisotopic (exact) mass is 289 g/mol. The standard InChI is InChI=1S/C11H19N3O4S/c1-7-4-14(5-8(2)18-7)19(16,17)11-9(3)12-13-10(11)6-15/h7-8,15H,4-6H2,1-3H3,(H,12,13)/t7-,8+. The lowest BCUT2D eigenvalue weighted by Crippen LogP contribution is -2.48. The minimum atomic E-state index is -3.66. The maximum Gasteiger partial charge on any atom is 0.247 e. The number of aromatic amines is 1. The van der Waals surface area contributed by atoms with Crippen molar-refractivity contribution in [3.05, 3.63) is 11.4 Å². The molecule has 0 radical (unpaired) electrons. The Morgan fingerprint density at radius 3 is 2.53 bits per heavy atom. The lowest BCUT2D eigenvalue weighted by molar-refractivity contribution is -0.0441. The molecule has 1 fully saturated rings. The first-order valence-corrected chi connectivity index (χ1v) is 7.60. The molecule has 8 heteroatoms.